The number of thiazole rings is 1. The van der Waals surface area contributed by atoms with Crippen LogP contribution in [0.4, 0.5) is 0 Å². The molecule has 2 N–H and O–H groups in total. The first-order valence-corrected chi connectivity index (χ1v) is 10.2. The van der Waals surface area contributed by atoms with Crippen molar-refractivity contribution in [1.29, 1.82) is 0 Å². The number of benzene rings is 1. The van der Waals surface area contributed by atoms with Gasteiger partial charge in [0.2, 0.25) is 10.0 Å². The van der Waals surface area contributed by atoms with Gasteiger partial charge in [-0.05, 0) is 24.6 Å². The highest BCUT2D eigenvalue weighted by Gasteiger charge is 2.27. The third-order valence-corrected chi connectivity index (χ3v) is 6.71. The second-order valence-corrected chi connectivity index (χ2v) is 9.04. The standard InChI is InChI=1S/C16H20N4O3S2/c1-19(11-15-18-6-8-24-15)25(22,23)14-4-2-3-12(9-14)16(21)20-7-5-13(17)10-20/h2-4,6,8-9,13H,5,7,10-11,17H2,1H3. The van der Waals surface area contributed by atoms with Crippen molar-refractivity contribution in [3.63, 3.8) is 0 Å². The van der Waals surface area contributed by atoms with E-state index in [1.54, 1.807) is 28.6 Å². The lowest BCUT2D eigenvalue weighted by molar-refractivity contribution is 0.0790. The van der Waals surface area contributed by atoms with Gasteiger partial charge in [0, 0.05) is 43.3 Å². The number of carbonyl (C=O) groups excluding carboxylic acids is 1. The second kappa shape index (κ2) is 7.20. The van der Waals surface area contributed by atoms with Gasteiger partial charge in [-0.3, -0.25) is 4.79 Å². The average molecular weight is 380 g/mol. The number of amides is 1. The molecule has 0 aliphatic carbocycles. The summed E-state index contributed by atoms with van der Waals surface area (Å²) in [4.78, 5) is 18.4. The molecule has 1 aromatic carbocycles. The monoisotopic (exact) mass is 380 g/mol. The van der Waals surface area contributed by atoms with Crippen LogP contribution in [0.1, 0.15) is 21.8 Å². The lowest BCUT2D eigenvalue weighted by Gasteiger charge is -2.18. The van der Waals surface area contributed by atoms with Crippen LogP contribution in [0.2, 0.25) is 0 Å². The summed E-state index contributed by atoms with van der Waals surface area (Å²) in [6, 6.07) is 6.14. The van der Waals surface area contributed by atoms with E-state index in [1.165, 1.54) is 34.8 Å². The highest BCUT2D eigenvalue weighted by Crippen LogP contribution is 2.20. The van der Waals surface area contributed by atoms with E-state index >= 15 is 0 Å². The minimum Gasteiger partial charge on any atom is -0.337 e. The molecule has 1 aliphatic heterocycles. The Bertz CT molecular complexity index is 852. The molecule has 2 heterocycles. The molecule has 0 bridgehead atoms. The fourth-order valence-electron chi connectivity index (χ4n) is 2.73. The van der Waals surface area contributed by atoms with E-state index in [2.05, 4.69) is 4.98 Å². The van der Waals surface area contributed by atoms with Crippen LogP contribution in [0.25, 0.3) is 0 Å². The topological polar surface area (TPSA) is 96.6 Å². The van der Waals surface area contributed by atoms with Gasteiger partial charge in [-0.15, -0.1) is 11.3 Å². The molecule has 1 unspecified atom stereocenters. The molecule has 0 saturated carbocycles. The molecule has 1 aliphatic rings. The summed E-state index contributed by atoms with van der Waals surface area (Å²) in [5.74, 6) is -0.187. The fraction of sp³-hybridized carbons (Fsp3) is 0.375. The molecule has 7 nitrogen and oxygen atoms in total. The number of aromatic nitrogens is 1. The Morgan fingerprint density at radius 1 is 1.48 bits per heavy atom. The zero-order valence-electron chi connectivity index (χ0n) is 13.8. The molecule has 1 saturated heterocycles. The smallest absolute Gasteiger partial charge is 0.253 e. The highest BCUT2D eigenvalue weighted by molar-refractivity contribution is 7.89. The molecule has 1 atom stereocenters. The van der Waals surface area contributed by atoms with Crippen LogP contribution in [0.5, 0.6) is 0 Å². The summed E-state index contributed by atoms with van der Waals surface area (Å²) in [5.41, 5.74) is 6.20. The van der Waals surface area contributed by atoms with E-state index in [-0.39, 0.29) is 23.4 Å². The summed E-state index contributed by atoms with van der Waals surface area (Å²) in [5, 5.41) is 2.51. The van der Waals surface area contributed by atoms with Crippen LogP contribution in [-0.2, 0) is 16.6 Å². The third kappa shape index (κ3) is 3.90. The maximum atomic E-state index is 12.8. The lowest BCUT2D eigenvalue weighted by Crippen LogP contribution is -2.32. The van der Waals surface area contributed by atoms with Crippen molar-refractivity contribution in [1.82, 2.24) is 14.2 Å². The minimum atomic E-state index is -3.70. The largest absolute Gasteiger partial charge is 0.337 e. The van der Waals surface area contributed by atoms with Crippen LogP contribution >= 0.6 is 11.3 Å². The SMILES string of the molecule is CN(Cc1nccs1)S(=O)(=O)c1cccc(C(=O)N2CCC(N)C2)c1. The van der Waals surface area contributed by atoms with Crippen molar-refractivity contribution in [3.05, 3.63) is 46.4 Å². The molecule has 1 amide bonds. The molecule has 134 valence electrons. The molecule has 2 aromatic rings. The molecule has 0 radical (unpaired) electrons. The van der Waals surface area contributed by atoms with E-state index in [1.807, 2.05) is 0 Å². The van der Waals surface area contributed by atoms with Gasteiger partial charge in [0.05, 0.1) is 11.4 Å². The molecule has 0 spiro atoms. The molecular weight excluding hydrogens is 360 g/mol. The predicted octanol–water partition coefficient (Wildman–Crippen LogP) is 1.14. The maximum Gasteiger partial charge on any atom is 0.253 e. The number of hydrogen-bond acceptors (Lipinski definition) is 6. The van der Waals surface area contributed by atoms with Crippen LogP contribution in [0, 0.1) is 0 Å². The molecular formula is C16H20N4O3S2. The number of hydrogen-bond donors (Lipinski definition) is 1. The highest BCUT2D eigenvalue weighted by atomic mass is 32.2. The molecule has 1 aromatic heterocycles. The maximum absolute atomic E-state index is 12.8. The lowest BCUT2D eigenvalue weighted by atomic mass is 10.2. The van der Waals surface area contributed by atoms with Crippen molar-refractivity contribution < 1.29 is 13.2 Å². The van der Waals surface area contributed by atoms with Crippen LogP contribution < -0.4 is 5.73 Å². The fourth-order valence-corrected chi connectivity index (χ4v) is 4.66. The van der Waals surface area contributed by atoms with Crippen LogP contribution in [0.15, 0.2) is 40.7 Å². The first-order chi connectivity index (χ1) is 11.9. The van der Waals surface area contributed by atoms with Gasteiger partial charge in [-0.2, -0.15) is 4.31 Å². The van der Waals surface area contributed by atoms with E-state index in [0.29, 0.717) is 23.7 Å². The van der Waals surface area contributed by atoms with E-state index in [4.69, 9.17) is 5.73 Å². The first-order valence-electron chi connectivity index (χ1n) is 7.87. The zero-order valence-corrected chi connectivity index (χ0v) is 15.5. The van der Waals surface area contributed by atoms with Gasteiger partial charge in [-0.1, -0.05) is 6.07 Å². The predicted molar refractivity (Wildman–Crippen MR) is 95.7 cm³/mol. The van der Waals surface area contributed by atoms with Crippen molar-refractivity contribution in [2.75, 3.05) is 20.1 Å². The number of likely N-dealkylation sites (tertiary alicyclic amines) is 1. The van der Waals surface area contributed by atoms with Gasteiger partial charge in [0.15, 0.2) is 0 Å². The summed E-state index contributed by atoms with van der Waals surface area (Å²) >= 11 is 1.40. The third-order valence-electron chi connectivity index (χ3n) is 4.14. The van der Waals surface area contributed by atoms with Crippen molar-refractivity contribution in [3.8, 4) is 0 Å². The number of nitrogens with zero attached hydrogens (tertiary/aromatic N) is 3. The Morgan fingerprint density at radius 2 is 2.28 bits per heavy atom. The second-order valence-electron chi connectivity index (χ2n) is 6.01. The van der Waals surface area contributed by atoms with Crippen molar-refractivity contribution >= 4 is 27.3 Å². The number of sulfonamides is 1. The van der Waals surface area contributed by atoms with Gasteiger partial charge in [-0.25, -0.2) is 13.4 Å². The number of carbonyl (C=O) groups is 1. The Morgan fingerprint density at radius 3 is 2.92 bits per heavy atom. The number of nitrogens with two attached hydrogens (primary N) is 1. The van der Waals surface area contributed by atoms with Gasteiger partial charge in [0.25, 0.3) is 5.91 Å². The molecule has 3 rings (SSSR count). The Balaban J connectivity index is 1.81. The Labute approximate surface area is 151 Å². The molecule has 9 heteroatoms. The van der Waals surface area contributed by atoms with E-state index in [0.717, 1.165) is 6.42 Å². The van der Waals surface area contributed by atoms with Gasteiger partial charge in [0.1, 0.15) is 5.01 Å². The minimum absolute atomic E-state index is 0.0136. The van der Waals surface area contributed by atoms with E-state index in [9.17, 15) is 13.2 Å². The first kappa shape index (κ1) is 18.0. The summed E-state index contributed by atoms with van der Waals surface area (Å²) < 4.78 is 26.8. The van der Waals surface area contributed by atoms with Crippen molar-refractivity contribution in [2.24, 2.45) is 5.73 Å². The average Bonchev–Trinajstić information content (AvgIpc) is 3.26. The zero-order chi connectivity index (χ0) is 18.0. The Hall–Kier alpha value is -1.81. The van der Waals surface area contributed by atoms with Crippen molar-refractivity contribution in [2.45, 2.75) is 23.9 Å². The quantitative estimate of drug-likeness (QED) is 0.839. The number of rotatable bonds is 5. The molecule has 1 fully saturated rings. The summed E-state index contributed by atoms with van der Waals surface area (Å²) in [6.45, 7) is 1.29. The summed E-state index contributed by atoms with van der Waals surface area (Å²) in [7, 11) is -2.20. The van der Waals surface area contributed by atoms with Crippen LogP contribution in [0.3, 0.4) is 0 Å². The Kier molecular flexibility index (Phi) is 5.19. The summed E-state index contributed by atoms with van der Waals surface area (Å²) in [6.07, 6.45) is 2.40. The normalized spacial score (nSPS) is 18.0. The van der Waals surface area contributed by atoms with E-state index < -0.39 is 10.0 Å². The molecule has 25 heavy (non-hydrogen) atoms. The van der Waals surface area contributed by atoms with Gasteiger partial charge < -0.3 is 10.6 Å². The van der Waals surface area contributed by atoms with Gasteiger partial charge >= 0.3 is 0 Å². The van der Waals surface area contributed by atoms with Crippen LogP contribution in [-0.4, -0.2) is 54.7 Å².